The summed E-state index contributed by atoms with van der Waals surface area (Å²) in [6.45, 7) is 4.84. The zero-order valence-corrected chi connectivity index (χ0v) is 7.09. The van der Waals surface area contributed by atoms with Gasteiger partial charge in [0.25, 0.3) is 0 Å². The second-order valence-corrected chi connectivity index (χ2v) is 3.28. The van der Waals surface area contributed by atoms with Crippen LogP contribution in [0.5, 0.6) is 0 Å². The maximum absolute atomic E-state index is 5.40. The third-order valence-electron chi connectivity index (χ3n) is 1.91. The normalized spacial score (nSPS) is 27.8. The third kappa shape index (κ3) is 2.03. The predicted octanol–water partition coefficient (Wildman–Crippen LogP) is 1.88. The van der Waals surface area contributed by atoms with E-state index in [-0.39, 0.29) is 4.94 Å². The molecule has 0 radical (unpaired) electrons. The Hall–Kier alpha value is 0.0595. The summed E-state index contributed by atoms with van der Waals surface area (Å²) in [5.74, 6) is 0. The fourth-order valence-corrected chi connectivity index (χ4v) is 1.68. The van der Waals surface area contributed by atoms with Gasteiger partial charge in [-0.15, -0.1) is 0 Å². The Morgan fingerprint density at radius 2 is 2.20 bits per heavy atom. The molecule has 0 N–H and O–H groups in total. The van der Waals surface area contributed by atoms with Gasteiger partial charge in [-0.05, 0) is 0 Å². The predicted molar refractivity (Wildman–Crippen MR) is 39.2 cm³/mol. The molecule has 0 spiro atoms. The van der Waals surface area contributed by atoms with Gasteiger partial charge in [0, 0.05) is 0 Å². The van der Waals surface area contributed by atoms with Crippen LogP contribution in [-0.4, -0.2) is 16.4 Å². The van der Waals surface area contributed by atoms with Crippen LogP contribution in [0.1, 0.15) is 25.7 Å². The summed E-state index contributed by atoms with van der Waals surface area (Å²) >= 11 is 5.40. The van der Waals surface area contributed by atoms with E-state index in [9.17, 15) is 0 Å². The van der Waals surface area contributed by atoms with E-state index in [2.05, 4.69) is 11.5 Å². The van der Waals surface area contributed by atoms with Gasteiger partial charge >= 0.3 is 70.9 Å². The molecule has 1 aliphatic rings. The standard InChI is InChI=1S/C8H14N.Cu/c1-2-9-7-5-3-4-6-8-9;/h2,7H,1,3-6,8H2;. The number of likely N-dealkylation sites (tertiary alicyclic amines) is 1. The molecular formula is C8H14CuN. The van der Waals surface area contributed by atoms with E-state index in [4.69, 9.17) is 16.0 Å². The molecule has 1 unspecified atom stereocenters. The molecule has 0 aromatic heterocycles. The molecule has 0 aromatic carbocycles. The van der Waals surface area contributed by atoms with Crippen LogP contribution in [0.4, 0.5) is 0 Å². The summed E-state index contributed by atoms with van der Waals surface area (Å²) in [6.07, 6.45) is 6.90. The van der Waals surface area contributed by atoms with Gasteiger partial charge in [-0.25, -0.2) is 0 Å². The Labute approximate surface area is 71.3 Å². The minimum absolute atomic E-state index is 0.285. The molecule has 62 valence electrons. The summed E-state index contributed by atoms with van der Waals surface area (Å²) < 4.78 is 0. The average molecular weight is 188 g/mol. The van der Waals surface area contributed by atoms with Crippen molar-refractivity contribution >= 4 is 0 Å². The van der Waals surface area contributed by atoms with Crippen molar-refractivity contribution in [2.45, 2.75) is 30.6 Å². The van der Waals surface area contributed by atoms with Crippen LogP contribution in [0.2, 0.25) is 0 Å². The molecule has 1 nitrogen and oxygen atoms in total. The van der Waals surface area contributed by atoms with Crippen LogP contribution >= 0.6 is 0 Å². The van der Waals surface area contributed by atoms with E-state index in [1.54, 1.807) is 0 Å². The molecule has 1 rings (SSSR count). The molecule has 0 aliphatic carbocycles. The van der Waals surface area contributed by atoms with Gasteiger partial charge in [0.2, 0.25) is 0 Å². The summed E-state index contributed by atoms with van der Waals surface area (Å²) in [5, 5.41) is 0. The van der Waals surface area contributed by atoms with E-state index in [1.165, 1.54) is 19.3 Å². The van der Waals surface area contributed by atoms with Crippen LogP contribution in [0.15, 0.2) is 12.8 Å². The number of nitrogens with zero attached hydrogens (tertiary/aromatic N) is 1. The summed E-state index contributed by atoms with van der Waals surface area (Å²) in [5.41, 5.74) is 0. The fraction of sp³-hybridized carbons (Fsp3) is 0.750. The van der Waals surface area contributed by atoms with Gasteiger partial charge in [0.1, 0.15) is 0 Å². The molecule has 10 heavy (non-hydrogen) atoms. The van der Waals surface area contributed by atoms with E-state index in [0.29, 0.717) is 0 Å². The fourth-order valence-electron chi connectivity index (χ4n) is 1.26. The van der Waals surface area contributed by atoms with Crippen LogP contribution in [0.25, 0.3) is 0 Å². The van der Waals surface area contributed by atoms with Gasteiger partial charge in [0.05, 0.1) is 0 Å². The average Bonchev–Trinajstić information content (AvgIpc) is 2.13. The zero-order chi connectivity index (χ0) is 7.40. The van der Waals surface area contributed by atoms with Crippen molar-refractivity contribution in [3.05, 3.63) is 12.8 Å². The molecule has 2 heteroatoms. The van der Waals surface area contributed by atoms with Crippen molar-refractivity contribution in [1.82, 2.24) is 4.90 Å². The van der Waals surface area contributed by atoms with Crippen molar-refractivity contribution in [1.29, 1.82) is 0 Å². The Morgan fingerprint density at radius 1 is 1.40 bits per heavy atom. The van der Waals surface area contributed by atoms with Crippen LogP contribution in [0, 0.1) is 0 Å². The quantitative estimate of drug-likeness (QED) is 0.567. The summed E-state index contributed by atoms with van der Waals surface area (Å²) in [4.78, 5) is 2.44. The second kappa shape index (κ2) is 4.05. The van der Waals surface area contributed by atoms with E-state index >= 15 is 0 Å². The molecule has 1 heterocycles. The monoisotopic (exact) mass is 187 g/mol. The Kier molecular flexibility index (Phi) is 3.30. The molecule has 0 aromatic rings. The number of hydrogen-bond donors (Lipinski definition) is 0. The van der Waals surface area contributed by atoms with Crippen molar-refractivity contribution < 1.29 is 16.0 Å². The van der Waals surface area contributed by atoms with E-state index < -0.39 is 0 Å². The SMILES string of the molecule is C=CN1CCCCC[CH]1[Cu]. The van der Waals surface area contributed by atoms with E-state index in [0.717, 1.165) is 13.0 Å². The van der Waals surface area contributed by atoms with E-state index in [1.807, 2.05) is 6.20 Å². The van der Waals surface area contributed by atoms with Crippen molar-refractivity contribution in [2.24, 2.45) is 0 Å². The molecular weight excluding hydrogens is 174 g/mol. The number of rotatable bonds is 1. The summed E-state index contributed by atoms with van der Waals surface area (Å²) in [7, 11) is 0. The van der Waals surface area contributed by atoms with Crippen molar-refractivity contribution in [2.75, 3.05) is 6.54 Å². The second-order valence-electron chi connectivity index (χ2n) is 2.65. The molecule has 0 amide bonds. The third-order valence-corrected chi connectivity index (χ3v) is 2.49. The summed E-state index contributed by atoms with van der Waals surface area (Å²) in [6, 6.07) is 0. The first-order valence-electron chi connectivity index (χ1n) is 3.82. The van der Waals surface area contributed by atoms with Crippen molar-refractivity contribution in [3.63, 3.8) is 0 Å². The topological polar surface area (TPSA) is 3.24 Å². The van der Waals surface area contributed by atoms with Gasteiger partial charge in [-0.1, -0.05) is 0 Å². The van der Waals surface area contributed by atoms with Gasteiger partial charge in [-0.2, -0.15) is 0 Å². The first-order valence-corrected chi connectivity index (χ1v) is 4.37. The van der Waals surface area contributed by atoms with Gasteiger partial charge in [-0.3, -0.25) is 0 Å². The minimum atomic E-state index is 0.285. The zero-order valence-electron chi connectivity index (χ0n) is 6.15. The van der Waals surface area contributed by atoms with Crippen molar-refractivity contribution in [3.8, 4) is 0 Å². The maximum atomic E-state index is 5.40. The van der Waals surface area contributed by atoms with Crippen LogP contribution in [-0.2, 0) is 16.0 Å². The van der Waals surface area contributed by atoms with Gasteiger partial charge < -0.3 is 0 Å². The van der Waals surface area contributed by atoms with Gasteiger partial charge in [0.15, 0.2) is 0 Å². The molecule has 1 fully saturated rings. The Balaban J connectivity index is 2.43. The molecule has 0 saturated carbocycles. The van der Waals surface area contributed by atoms with Crippen LogP contribution < -0.4 is 0 Å². The van der Waals surface area contributed by atoms with Crippen LogP contribution in [0.3, 0.4) is 0 Å². The molecule has 0 bridgehead atoms. The Bertz CT molecular complexity index is 114. The molecule has 1 aliphatic heterocycles. The Morgan fingerprint density at radius 3 is 2.90 bits per heavy atom. The number of hydrogen-bond acceptors (Lipinski definition) is 1. The first-order chi connectivity index (χ1) is 4.84. The molecule has 1 atom stereocenters. The molecule has 1 saturated heterocycles. The first kappa shape index (κ1) is 8.16.